The van der Waals surface area contributed by atoms with Gasteiger partial charge in [-0.1, -0.05) is 29.3 Å². The standard InChI is InChI=1S/C19H22Cl2N6S/c1-11-18(24-19(28)22-8-15-9-23-26(4)12(15)2)13(3)27(25-11)10-14-5-6-16(20)7-17(14)21/h5-7,9H,8,10H2,1-4H3,(H2,22,24,28). The quantitative estimate of drug-likeness (QED) is 0.580. The van der Waals surface area contributed by atoms with Crippen molar-refractivity contribution in [3.05, 3.63) is 62.6 Å². The molecule has 3 rings (SSSR count). The van der Waals surface area contributed by atoms with Gasteiger partial charge in [0.1, 0.15) is 0 Å². The largest absolute Gasteiger partial charge is 0.358 e. The summed E-state index contributed by atoms with van der Waals surface area (Å²) in [4.78, 5) is 0. The molecule has 0 radical (unpaired) electrons. The molecule has 0 unspecified atom stereocenters. The van der Waals surface area contributed by atoms with Crippen LogP contribution < -0.4 is 10.6 Å². The van der Waals surface area contributed by atoms with E-state index in [-0.39, 0.29) is 0 Å². The monoisotopic (exact) mass is 436 g/mol. The zero-order valence-corrected chi connectivity index (χ0v) is 18.5. The number of nitrogens with zero attached hydrogens (tertiary/aromatic N) is 4. The van der Waals surface area contributed by atoms with Gasteiger partial charge in [0.25, 0.3) is 0 Å². The van der Waals surface area contributed by atoms with E-state index in [2.05, 4.69) is 20.8 Å². The Bertz CT molecular complexity index is 1020. The van der Waals surface area contributed by atoms with Crippen LogP contribution in [0.4, 0.5) is 5.69 Å². The highest BCUT2D eigenvalue weighted by Crippen LogP contribution is 2.25. The van der Waals surface area contributed by atoms with Crippen LogP contribution >= 0.6 is 35.4 Å². The molecule has 0 saturated heterocycles. The summed E-state index contributed by atoms with van der Waals surface area (Å²) in [6.07, 6.45) is 1.84. The number of rotatable bonds is 5. The Morgan fingerprint density at radius 1 is 1.14 bits per heavy atom. The molecule has 0 aliphatic heterocycles. The second-order valence-electron chi connectivity index (χ2n) is 6.63. The molecule has 2 heterocycles. The van der Waals surface area contributed by atoms with E-state index in [1.807, 2.05) is 55.5 Å². The van der Waals surface area contributed by atoms with Gasteiger partial charge in [-0.3, -0.25) is 9.36 Å². The Labute approximate surface area is 179 Å². The summed E-state index contributed by atoms with van der Waals surface area (Å²) in [7, 11) is 1.92. The molecule has 0 aliphatic carbocycles. The van der Waals surface area contributed by atoms with E-state index in [0.717, 1.165) is 33.9 Å². The first-order chi connectivity index (χ1) is 13.3. The summed E-state index contributed by atoms with van der Waals surface area (Å²) in [5.41, 5.74) is 5.90. The highest BCUT2D eigenvalue weighted by atomic mass is 35.5. The van der Waals surface area contributed by atoms with Gasteiger partial charge >= 0.3 is 0 Å². The van der Waals surface area contributed by atoms with Crippen molar-refractivity contribution in [1.82, 2.24) is 24.9 Å². The average Bonchev–Trinajstić information content (AvgIpc) is 3.09. The van der Waals surface area contributed by atoms with Crippen LogP contribution in [0.15, 0.2) is 24.4 Å². The van der Waals surface area contributed by atoms with E-state index in [1.165, 1.54) is 0 Å². The summed E-state index contributed by atoms with van der Waals surface area (Å²) >= 11 is 17.7. The van der Waals surface area contributed by atoms with Crippen LogP contribution in [0.2, 0.25) is 10.0 Å². The highest BCUT2D eigenvalue weighted by Gasteiger charge is 2.14. The minimum Gasteiger partial charge on any atom is -0.358 e. The zero-order chi connectivity index (χ0) is 20.4. The van der Waals surface area contributed by atoms with Crippen molar-refractivity contribution in [2.75, 3.05) is 5.32 Å². The molecule has 3 aromatic rings. The maximum Gasteiger partial charge on any atom is 0.171 e. The molecule has 148 valence electrons. The second-order valence-corrected chi connectivity index (χ2v) is 7.88. The Kier molecular flexibility index (Phi) is 6.27. The Morgan fingerprint density at radius 2 is 1.89 bits per heavy atom. The van der Waals surface area contributed by atoms with Gasteiger partial charge in [0.15, 0.2) is 5.11 Å². The van der Waals surface area contributed by atoms with Crippen LogP contribution in [-0.4, -0.2) is 24.7 Å². The first-order valence-electron chi connectivity index (χ1n) is 8.76. The maximum atomic E-state index is 6.30. The van der Waals surface area contributed by atoms with Crippen molar-refractivity contribution in [3.63, 3.8) is 0 Å². The third-order valence-corrected chi connectivity index (χ3v) is 5.56. The average molecular weight is 437 g/mol. The van der Waals surface area contributed by atoms with E-state index in [4.69, 9.17) is 35.4 Å². The predicted molar refractivity (Wildman–Crippen MR) is 118 cm³/mol. The molecule has 0 saturated carbocycles. The van der Waals surface area contributed by atoms with E-state index < -0.39 is 0 Å². The fourth-order valence-corrected chi connectivity index (χ4v) is 3.54. The van der Waals surface area contributed by atoms with Gasteiger partial charge in [-0.25, -0.2) is 0 Å². The summed E-state index contributed by atoms with van der Waals surface area (Å²) < 4.78 is 3.74. The molecule has 28 heavy (non-hydrogen) atoms. The molecule has 0 fully saturated rings. The fourth-order valence-electron chi connectivity index (χ4n) is 2.89. The van der Waals surface area contributed by atoms with Crippen molar-refractivity contribution in [3.8, 4) is 0 Å². The lowest BCUT2D eigenvalue weighted by Crippen LogP contribution is -2.28. The Hall–Kier alpha value is -2.09. The lowest BCUT2D eigenvalue weighted by atomic mass is 10.2. The van der Waals surface area contributed by atoms with Gasteiger partial charge in [-0.2, -0.15) is 10.2 Å². The number of anilines is 1. The van der Waals surface area contributed by atoms with Crippen molar-refractivity contribution >= 4 is 46.2 Å². The summed E-state index contributed by atoms with van der Waals surface area (Å²) in [5, 5.41) is 17.1. The maximum absolute atomic E-state index is 6.30. The number of benzene rings is 1. The molecule has 1 aromatic carbocycles. The molecule has 6 nitrogen and oxygen atoms in total. The van der Waals surface area contributed by atoms with Gasteiger partial charge in [-0.05, 0) is 50.7 Å². The van der Waals surface area contributed by atoms with Crippen LogP contribution in [0.5, 0.6) is 0 Å². The van der Waals surface area contributed by atoms with Crippen molar-refractivity contribution < 1.29 is 0 Å². The van der Waals surface area contributed by atoms with Crippen molar-refractivity contribution in [2.24, 2.45) is 7.05 Å². The molecule has 2 aromatic heterocycles. The van der Waals surface area contributed by atoms with Gasteiger partial charge in [-0.15, -0.1) is 0 Å². The summed E-state index contributed by atoms with van der Waals surface area (Å²) in [5.74, 6) is 0. The number of thiocarbonyl (C=S) groups is 1. The van der Waals surface area contributed by atoms with Crippen LogP contribution in [0.3, 0.4) is 0 Å². The lowest BCUT2D eigenvalue weighted by molar-refractivity contribution is 0.659. The smallest absolute Gasteiger partial charge is 0.171 e. The molecule has 0 spiro atoms. The predicted octanol–water partition coefficient (Wildman–Crippen LogP) is 4.38. The number of halogens is 2. The number of hydrogen-bond acceptors (Lipinski definition) is 3. The number of hydrogen-bond donors (Lipinski definition) is 2. The zero-order valence-electron chi connectivity index (χ0n) is 16.2. The van der Waals surface area contributed by atoms with Gasteiger partial charge in [0, 0.05) is 34.9 Å². The Morgan fingerprint density at radius 3 is 2.54 bits per heavy atom. The second kappa shape index (κ2) is 8.51. The molecule has 0 atom stereocenters. The minimum absolute atomic E-state index is 0.540. The fraction of sp³-hybridized carbons (Fsp3) is 0.316. The molecule has 0 bridgehead atoms. The van der Waals surface area contributed by atoms with Crippen LogP contribution in [0.1, 0.15) is 28.2 Å². The minimum atomic E-state index is 0.540. The van der Waals surface area contributed by atoms with Crippen LogP contribution in [0.25, 0.3) is 0 Å². The van der Waals surface area contributed by atoms with E-state index in [0.29, 0.717) is 28.2 Å². The molecule has 9 heteroatoms. The van der Waals surface area contributed by atoms with E-state index in [1.54, 1.807) is 6.07 Å². The van der Waals surface area contributed by atoms with Crippen molar-refractivity contribution in [2.45, 2.75) is 33.9 Å². The normalized spacial score (nSPS) is 10.9. The number of nitrogens with one attached hydrogen (secondary N) is 2. The van der Waals surface area contributed by atoms with Crippen LogP contribution in [-0.2, 0) is 20.1 Å². The first kappa shape index (κ1) is 20.6. The van der Waals surface area contributed by atoms with Gasteiger partial charge < -0.3 is 10.6 Å². The molecular weight excluding hydrogens is 415 g/mol. The van der Waals surface area contributed by atoms with Crippen molar-refractivity contribution in [1.29, 1.82) is 0 Å². The van der Waals surface area contributed by atoms with Gasteiger partial charge in [0.05, 0.1) is 29.8 Å². The summed E-state index contributed by atoms with van der Waals surface area (Å²) in [6, 6.07) is 5.48. The molecule has 2 N–H and O–H groups in total. The molecular formula is C19H22Cl2N6S. The van der Waals surface area contributed by atoms with E-state index in [9.17, 15) is 0 Å². The SMILES string of the molecule is Cc1nn(Cc2ccc(Cl)cc2Cl)c(C)c1NC(=S)NCc1cnn(C)c1C. The molecule has 0 amide bonds. The van der Waals surface area contributed by atoms with Gasteiger partial charge in [0.2, 0.25) is 0 Å². The lowest BCUT2D eigenvalue weighted by Gasteiger charge is -2.11. The molecule has 0 aliphatic rings. The third kappa shape index (κ3) is 4.48. The Balaban J connectivity index is 1.69. The summed E-state index contributed by atoms with van der Waals surface area (Å²) in [6.45, 7) is 7.14. The topological polar surface area (TPSA) is 59.7 Å². The first-order valence-corrected chi connectivity index (χ1v) is 9.93. The highest BCUT2D eigenvalue weighted by molar-refractivity contribution is 7.80. The third-order valence-electron chi connectivity index (χ3n) is 4.73. The number of aryl methyl sites for hydroxylation is 2. The van der Waals surface area contributed by atoms with Crippen LogP contribution in [0, 0.1) is 20.8 Å². The number of aromatic nitrogens is 4. The van der Waals surface area contributed by atoms with E-state index >= 15 is 0 Å².